The molecule has 7 heteroatoms. The van der Waals surface area contributed by atoms with Gasteiger partial charge in [-0.25, -0.2) is 4.98 Å². The van der Waals surface area contributed by atoms with Gasteiger partial charge in [0.25, 0.3) is 0 Å². The van der Waals surface area contributed by atoms with Gasteiger partial charge in [-0.15, -0.1) is 0 Å². The number of carbonyl (C=O) groups is 1. The highest BCUT2D eigenvalue weighted by Gasteiger charge is 2.30. The number of aromatic nitrogens is 2. The van der Waals surface area contributed by atoms with Crippen LogP contribution in [0.15, 0.2) is 42.5 Å². The Hall–Kier alpha value is -3.45. The van der Waals surface area contributed by atoms with E-state index in [0.29, 0.717) is 5.41 Å². The van der Waals surface area contributed by atoms with Gasteiger partial charge < -0.3 is 14.9 Å². The number of para-hydroxylation sites is 1. The summed E-state index contributed by atoms with van der Waals surface area (Å²) in [5.41, 5.74) is 9.99. The van der Waals surface area contributed by atoms with Crippen LogP contribution in [0.25, 0.3) is 21.3 Å². The summed E-state index contributed by atoms with van der Waals surface area (Å²) < 4.78 is 1.22. The first kappa shape index (κ1) is 25.8. The minimum absolute atomic E-state index is 0.0105. The molecule has 0 bridgehead atoms. The van der Waals surface area contributed by atoms with Gasteiger partial charge in [-0.3, -0.25) is 9.78 Å². The van der Waals surface area contributed by atoms with Gasteiger partial charge in [0.1, 0.15) is 0 Å². The summed E-state index contributed by atoms with van der Waals surface area (Å²) >= 11 is 1.76. The molecule has 0 saturated carbocycles. The zero-order valence-corrected chi connectivity index (χ0v) is 24.1. The average molecular weight is 541 g/mol. The third kappa shape index (κ3) is 5.00. The predicted molar refractivity (Wildman–Crippen MR) is 160 cm³/mol. The highest BCUT2D eigenvalue weighted by Crippen LogP contribution is 2.42. The molecule has 0 aliphatic carbocycles. The summed E-state index contributed by atoms with van der Waals surface area (Å²) in [6.07, 6.45) is 3.12. The molecule has 202 valence electrons. The maximum atomic E-state index is 11.9. The van der Waals surface area contributed by atoms with Crippen LogP contribution in [-0.4, -0.2) is 40.7 Å². The molecule has 1 saturated heterocycles. The molecule has 1 fully saturated rings. The van der Waals surface area contributed by atoms with E-state index >= 15 is 0 Å². The SMILES string of the molecule is Cc1nc(C)c(-c2ccc3c(c2)CCN(c2nc4ccccc4s2)C3)c(N2CCC(C)(C)CC2)c1CC(=O)O. The van der Waals surface area contributed by atoms with E-state index in [9.17, 15) is 9.90 Å². The smallest absolute Gasteiger partial charge is 0.307 e. The second-order valence-electron chi connectivity index (χ2n) is 11.8. The number of fused-ring (bicyclic) bond motifs is 2. The van der Waals surface area contributed by atoms with E-state index in [4.69, 9.17) is 9.97 Å². The average Bonchev–Trinajstić information content (AvgIpc) is 3.34. The van der Waals surface area contributed by atoms with E-state index in [-0.39, 0.29) is 6.42 Å². The van der Waals surface area contributed by atoms with E-state index < -0.39 is 5.97 Å². The molecule has 6 nitrogen and oxygen atoms in total. The third-order valence-electron chi connectivity index (χ3n) is 8.48. The maximum absolute atomic E-state index is 11.9. The zero-order valence-electron chi connectivity index (χ0n) is 23.3. The Kier molecular flexibility index (Phi) is 6.58. The summed E-state index contributed by atoms with van der Waals surface area (Å²) in [5.74, 6) is -0.811. The van der Waals surface area contributed by atoms with E-state index in [1.165, 1.54) is 15.8 Å². The van der Waals surface area contributed by atoms with Gasteiger partial charge in [-0.2, -0.15) is 0 Å². The van der Waals surface area contributed by atoms with Crippen molar-refractivity contribution < 1.29 is 9.90 Å². The summed E-state index contributed by atoms with van der Waals surface area (Å²) in [7, 11) is 0. The number of carboxylic acids is 1. The Bertz CT molecular complexity index is 1530. The predicted octanol–water partition coefficient (Wildman–Crippen LogP) is 6.79. The quantitative estimate of drug-likeness (QED) is 0.301. The highest BCUT2D eigenvalue weighted by molar-refractivity contribution is 7.22. The van der Waals surface area contributed by atoms with Crippen molar-refractivity contribution in [2.75, 3.05) is 29.4 Å². The van der Waals surface area contributed by atoms with Crippen LogP contribution in [0.5, 0.6) is 0 Å². The van der Waals surface area contributed by atoms with E-state index in [1.807, 2.05) is 13.0 Å². The number of carboxylic acid groups (broad SMARTS) is 1. The van der Waals surface area contributed by atoms with Crippen LogP contribution in [0, 0.1) is 19.3 Å². The van der Waals surface area contributed by atoms with Crippen molar-refractivity contribution in [1.29, 1.82) is 0 Å². The van der Waals surface area contributed by atoms with Gasteiger partial charge >= 0.3 is 5.97 Å². The second kappa shape index (κ2) is 9.94. The monoisotopic (exact) mass is 540 g/mol. The lowest BCUT2D eigenvalue weighted by Gasteiger charge is -2.40. The molecule has 2 aliphatic heterocycles. The lowest BCUT2D eigenvalue weighted by atomic mass is 9.82. The summed E-state index contributed by atoms with van der Waals surface area (Å²) in [6.45, 7) is 12.3. The summed E-state index contributed by atoms with van der Waals surface area (Å²) in [4.78, 5) is 26.5. The molecule has 4 heterocycles. The normalized spacial score (nSPS) is 16.9. The van der Waals surface area contributed by atoms with E-state index in [1.54, 1.807) is 11.3 Å². The van der Waals surface area contributed by atoms with Gasteiger partial charge in [-0.1, -0.05) is 55.5 Å². The molecule has 1 N–H and O–H groups in total. The number of nitrogens with zero attached hydrogens (tertiary/aromatic N) is 4. The first-order chi connectivity index (χ1) is 18.7. The van der Waals surface area contributed by atoms with Crippen LogP contribution >= 0.6 is 11.3 Å². The number of aryl methyl sites for hydroxylation is 2. The van der Waals surface area contributed by atoms with Gasteiger partial charge in [0, 0.05) is 48.7 Å². The van der Waals surface area contributed by atoms with Crippen LogP contribution in [0.1, 0.15) is 54.8 Å². The van der Waals surface area contributed by atoms with Crippen LogP contribution in [0.3, 0.4) is 0 Å². The number of aliphatic carboxylic acids is 1. The van der Waals surface area contributed by atoms with Gasteiger partial charge in [0.05, 0.1) is 22.3 Å². The fraction of sp³-hybridized carbons (Fsp3) is 0.406. The van der Waals surface area contributed by atoms with E-state index in [2.05, 4.69) is 67.0 Å². The molecule has 0 radical (unpaired) electrons. The minimum Gasteiger partial charge on any atom is -0.481 e. The van der Waals surface area contributed by atoms with Crippen molar-refractivity contribution >= 4 is 38.3 Å². The third-order valence-corrected chi connectivity index (χ3v) is 9.58. The van der Waals surface area contributed by atoms with Gasteiger partial charge in [0.15, 0.2) is 5.13 Å². The van der Waals surface area contributed by atoms with Crippen molar-refractivity contribution in [3.63, 3.8) is 0 Å². The van der Waals surface area contributed by atoms with Crippen LogP contribution in [-0.2, 0) is 24.2 Å². The molecule has 4 aromatic rings. The fourth-order valence-corrected chi connectivity index (χ4v) is 7.12. The highest BCUT2D eigenvalue weighted by atomic mass is 32.1. The Balaban J connectivity index is 1.37. The molecule has 2 aromatic heterocycles. The van der Waals surface area contributed by atoms with Gasteiger partial charge in [-0.05, 0) is 67.3 Å². The van der Waals surface area contributed by atoms with Crippen molar-refractivity contribution in [1.82, 2.24) is 9.97 Å². The topological polar surface area (TPSA) is 69.6 Å². The molecule has 39 heavy (non-hydrogen) atoms. The largest absolute Gasteiger partial charge is 0.481 e. The number of pyridine rings is 1. The summed E-state index contributed by atoms with van der Waals surface area (Å²) in [6, 6.07) is 15.1. The van der Waals surface area contributed by atoms with Crippen molar-refractivity contribution in [2.45, 2.75) is 59.9 Å². The Labute approximate surface area is 234 Å². The first-order valence-corrected chi connectivity index (χ1v) is 14.7. The van der Waals surface area contributed by atoms with Crippen molar-refractivity contribution in [3.05, 3.63) is 70.5 Å². The number of benzene rings is 2. The molecular formula is C32H36N4O2S. The second-order valence-corrected chi connectivity index (χ2v) is 12.8. The Morgan fingerprint density at radius 3 is 2.49 bits per heavy atom. The van der Waals surface area contributed by atoms with Gasteiger partial charge in [0.2, 0.25) is 0 Å². The number of thiazole rings is 1. The van der Waals surface area contributed by atoms with Crippen LogP contribution in [0.2, 0.25) is 0 Å². The molecule has 0 atom stereocenters. The number of anilines is 2. The summed E-state index contributed by atoms with van der Waals surface area (Å²) in [5, 5.41) is 10.9. The van der Waals surface area contributed by atoms with Crippen molar-refractivity contribution in [2.24, 2.45) is 5.41 Å². The number of hydrogen-bond donors (Lipinski definition) is 1. The standard InChI is InChI=1S/C32H36N4O2S/c1-20-25(18-28(37)38)30(35-15-12-32(3,4)13-16-35)29(21(2)33-20)23-9-10-24-19-36(14-11-22(24)17-23)31-34-26-7-5-6-8-27(26)39-31/h5-10,17H,11-16,18-19H2,1-4H3,(H,37,38). The Morgan fingerprint density at radius 2 is 1.74 bits per heavy atom. The first-order valence-electron chi connectivity index (χ1n) is 13.9. The lowest BCUT2D eigenvalue weighted by molar-refractivity contribution is -0.136. The zero-order chi connectivity index (χ0) is 27.3. The number of piperidine rings is 1. The maximum Gasteiger partial charge on any atom is 0.307 e. The molecule has 0 spiro atoms. The lowest BCUT2D eigenvalue weighted by Crippen LogP contribution is -2.38. The fourth-order valence-electron chi connectivity index (χ4n) is 6.13. The minimum atomic E-state index is -0.811. The van der Waals surface area contributed by atoms with E-state index in [0.717, 1.165) is 89.9 Å². The van der Waals surface area contributed by atoms with Crippen LogP contribution in [0.4, 0.5) is 10.8 Å². The van der Waals surface area contributed by atoms with Crippen molar-refractivity contribution in [3.8, 4) is 11.1 Å². The molecule has 6 rings (SSSR count). The molecule has 0 unspecified atom stereocenters. The molecular weight excluding hydrogens is 504 g/mol. The molecule has 2 aromatic carbocycles. The number of rotatable bonds is 5. The Morgan fingerprint density at radius 1 is 0.974 bits per heavy atom. The molecule has 0 amide bonds. The number of hydrogen-bond acceptors (Lipinski definition) is 6. The molecule has 2 aliphatic rings. The van der Waals surface area contributed by atoms with Crippen LogP contribution < -0.4 is 9.80 Å².